The van der Waals surface area contributed by atoms with E-state index in [9.17, 15) is 19.1 Å². The summed E-state index contributed by atoms with van der Waals surface area (Å²) in [5.41, 5.74) is 1.21. The number of aromatic nitrogens is 1. The van der Waals surface area contributed by atoms with Crippen molar-refractivity contribution < 1.29 is 37.7 Å². The van der Waals surface area contributed by atoms with Gasteiger partial charge in [-0.1, -0.05) is 12.1 Å². The highest BCUT2D eigenvalue weighted by atomic mass is 19.1. The fourth-order valence-electron chi connectivity index (χ4n) is 5.25. The third kappa shape index (κ3) is 8.67. The van der Waals surface area contributed by atoms with Crippen molar-refractivity contribution in [1.82, 2.24) is 15.2 Å². The molecule has 12 heteroatoms. The molecule has 0 atom stereocenters. The summed E-state index contributed by atoms with van der Waals surface area (Å²) in [4.78, 5) is 31.2. The number of carbonyl (C=O) groups is 2. The van der Waals surface area contributed by atoms with Crippen LogP contribution in [0.5, 0.6) is 23.0 Å². The zero-order chi connectivity index (χ0) is 32.5. The Balaban J connectivity index is 1.18. The van der Waals surface area contributed by atoms with Gasteiger partial charge in [-0.2, -0.15) is 0 Å². The lowest BCUT2D eigenvalue weighted by Gasteiger charge is -2.30. The Morgan fingerprint density at radius 3 is 2.48 bits per heavy atom. The second-order valence-corrected chi connectivity index (χ2v) is 11.1. The number of methoxy groups -OCH3 is 1. The summed E-state index contributed by atoms with van der Waals surface area (Å²) < 4.78 is 45.6. The van der Waals surface area contributed by atoms with Crippen LogP contribution in [0.1, 0.15) is 24.8 Å². The highest BCUT2D eigenvalue weighted by molar-refractivity contribution is 6.01. The van der Waals surface area contributed by atoms with Crippen LogP contribution in [0.3, 0.4) is 0 Å². The van der Waals surface area contributed by atoms with Gasteiger partial charge in [0.05, 0.1) is 25.7 Å². The molecule has 10 nitrogen and oxygen atoms in total. The van der Waals surface area contributed by atoms with Gasteiger partial charge in [0.2, 0.25) is 5.91 Å². The number of nitrogens with zero attached hydrogens (tertiary/aromatic N) is 2. The molecule has 0 aliphatic carbocycles. The van der Waals surface area contributed by atoms with Gasteiger partial charge in [0.15, 0.2) is 23.1 Å². The van der Waals surface area contributed by atoms with Crippen molar-refractivity contribution in [1.29, 1.82) is 0 Å². The van der Waals surface area contributed by atoms with E-state index >= 15 is 4.39 Å². The van der Waals surface area contributed by atoms with E-state index in [0.717, 1.165) is 45.0 Å². The number of imide groups is 1. The quantitative estimate of drug-likeness (QED) is 0.170. The van der Waals surface area contributed by atoms with E-state index < -0.39 is 23.6 Å². The number of hydrogen-bond donors (Lipinski definition) is 3. The molecule has 1 fully saturated rings. The number of piperidine rings is 1. The van der Waals surface area contributed by atoms with Crippen LogP contribution in [0.25, 0.3) is 10.9 Å². The van der Waals surface area contributed by atoms with Gasteiger partial charge in [-0.05, 0) is 80.2 Å². The first-order valence-electron chi connectivity index (χ1n) is 15.1. The average molecular weight is 635 g/mol. The van der Waals surface area contributed by atoms with Crippen LogP contribution in [-0.4, -0.2) is 66.9 Å². The summed E-state index contributed by atoms with van der Waals surface area (Å²) in [5.74, 6) is -0.106. The van der Waals surface area contributed by atoms with E-state index in [1.165, 1.54) is 43.5 Å². The largest absolute Gasteiger partial charge is 0.493 e. The Hall–Kier alpha value is -4.81. The monoisotopic (exact) mass is 634 g/mol. The Morgan fingerprint density at radius 1 is 0.978 bits per heavy atom. The SMILES string of the molecule is COc1cc2c(Oc3ccc(NC(=O)NC(=O)Cc4ccc(F)cc4)cc3F)ccnc2cc1OCCCN1CCC(CO)CC1. The van der Waals surface area contributed by atoms with Gasteiger partial charge in [0.25, 0.3) is 0 Å². The molecular formula is C34H36F2N4O6. The number of nitrogens with one attached hydrogen (secondary N) is 2. The van der Waals surface area contributed by atoms with Gasteiger partial charge >= 0.3 is 6.03 Å². The number of likely N-dealkylation sites (tertiary alicyclic amines) is 1. The second-order valence-electron chi connectivity index (χ2n) is 11.1. The molecule has 242 valence electrons. The molecular weight excluding hydrogens is 598 g/mol. The standard InChI is InChI=1S/C34H36F2N4O6/c1-44-31-19-26-28(20-32(31)45-16-2-13-40-14-10-23(21-41)11-15-40)37-12-9-29(26)46-30-8-7-25(18-27(30)36)38-34(43)39-33(42)17-22-3-5-24(35)6-4-22/h3-9,12,18-20,23,41H,2,10-11,13-17,21H2,1H3,(H2,38,39,42,43). The summed E-state index contributed by atoms with van der Waals surface area (Å²) in [6.07, 6.45) is 4.28. The maximum atomic E-state index is 15.1. The van der Waals surface area contributed by atoms with Crippen molar-refractivity contribution in [2.24, 2.45) is 5.92 Å². The minimum Gasteiger partial charge on any atom is -0.493 e. The van der Waals surface area contributed by atoms with E-state index in [-0.39, 0.29) is 24.5 Å². The summed E-state index contributed by atoms with van der Waals surface area (Å²) in [7, 11) is 1.54. The number of amides is 3. The number of benzene rings is 3. The predicted octanol–water partition coefficient (Wildman–Crippen LogP) is 5.68. The van der Waals surface area contributed by atoms with Crippen molar-refractivity contribution in [3.63, 3.8) is 0 Å². The topological polar surface area (TPSA) is 122 Å². The van der Waals surface area contributed by atoms with Crippen molar-refractivity contribution in [3.05, 3.63) is 84.1 Å². The zero-order valence-corrected chi connectivity index (χ0v) is 25.4. The minimum absolute atomic E-state index is 0.0897. The van der Waals surface area contributed by atoms with Gasteiger partial charge in [-0.15, -0.1) is 0 Å². The highest BCUT2D eigenvalue weighted by Gasteiger charge is 2.19. The second kappa shape index (κ2) is 15.5. The van der Waals surface area contributed by atoms with E-state index in [0.29, 0.717) is 46.2 Å². The molecule has 5 rings (SSSR count). The number of ether oxygens (including phenoxy) is 3. The number of aliphatic hydroxyl groups is 1. The maximum absolute atomic E-state index is 15.1. The van der Waals surface area contributed by atoms with Crippen LogP contribution < -0.4 is 24.8 Å². The first-order chi connectivity index (χ1) is 22.3. The molecule has 3 aromatic carbocycles. The molecule has 0 bridgehead atoms. The summed E-state index contributed by atoms with van der Waals surface area (Å²) >= 11 is 0. The lowest BCUT2D eigenvalue weighted by molar-refractivity contribution is -0.119. The molecule has 3 amide bonds. The van der Waals surface area contributed by atoms with E-state index in [2.05, 4.69) is 20.5 Å². The molecule has 3 N–H and O–H groups in total. The molecule has 1 aliphatic rings. The number of urea groups is 1. The summed E-state index contributed by atoms with van der Waals surface area (Å²) in [6, 6.07) is 13.5. The molecule has 2 heterocycles. The van der Waals surface area contributed by atoms with Crippen LogP contribution in [0.2, 0.25) is 0 Å². The molecule has 1 saturated heterocycles. The first-order valence-corrected chi connectivity index (χ1v) is 15.1. The van der Waals surface area contributed by atoms with Gasteiger partial charge in [-0.25, -0.2) is 13.6 Å². The first kappa shape index (κ1) is 32.6. The number of carbonyl (C=O) groups excluding carboxylic acids is 2. The van der Waals surface area contributed by atoms with Crippen molar-refractivity contribution in [3.8, 4) is 23.0 Å². The number of fused-ring (bicyclic) bond motifs is 1. The molecule has 0 saturated carbocycles. The van der Waals surface area contributed by atoms with Crippen molar-refractivity contribution in [2.75, 3.05) is 45.3 Å². The third-order valence-corrected chi connectivity index (χ3v) is 7.77. The Labute approximate surface area is 265 Å². The van der Waals surface area contributed by atoms with Crippen molar-refractivity contribution in [2.45, 2.75) is 25.7 Å². The number of anilines is 1. The predicted molar refractivity (Wildman–Crippen MR) is 168 cm³/mol. The fraction of sp³-hybridized carbons (Fsp3) is 0.324. The van der Waals surface area contributed by atoms with Crippen LogP contribution >= 0.6 is 0 Å². The summed E-state index contributed by atoms with van der Waals surface area (Å²) in [6.45, 7) is 3.61. The fourth-order valence-corrected chi connectivity index (χ4v) is 5.25. The van der Waals surface area contributed by atoms with E-state index in [4.69, 9.17) is 14.2 Å². The van der Waals surface area contributed by atoms with Crippen LogP contribution in [0.4, 0.5) is 19.3 Å². The van der Waals surface area contributed by atoms with Gasteiger partial charge < -0.3 is 29.5 Å². The van der Waals surface area contributed by atoms with Gasteiger partial charge in [-0.3, -0.25) is 15.1 Å². The number of hydrogen-bond acceptors (Lipinski definition) is 8. The number of halogens is 2. The number of aliphatic hydroxyl groups excluding tert-OH is 1. The minimum atomic E-state index is -0.840. The lowest BCUT2D eigenvalue weighted by Crippen LogP contribution is -2.35. The maximum Gasteiger partial charge on any atom is 0.325 e. The van der Waals surface area contributed by atoms with Crippen LogP contribution in [0.15, 0.2) is 66.9 Å². The average Bonchev–Trinajstić information content (AvgIpc) is 3.05. The highest BCUT2D eigenvalue weighted by Crippen LogP contribution is 2.38. The molecule has 0 spiro atoms. The molecule has 1 aromatic heterocycles. The molecule has 4 aromatic rings. The number of pyridine rings is 1. The molecule has 1 aliphatic heterocycles. The van der Waals surface area contributed by atoms with Gasteiger partial charge in [0, 0.05) is 42.6 Å². The Kier molecular flexibility index (Phi) is 10.9. The zero-order valence-electron chi connectivity index (χ0n) is 25.4. The van der Waals surface area contributed by atoms with Crippen LogP contribution in [0, 0.1) is 17.6 Å². The Morgan fingerprint density at radius 2 is 1.76 bits per heavy atom. The third-order valence-electron chi connectivity index (χ3n) is 7.77. The van der Waals surface area contributed by atoms with Crippen LogP contribution in [-0.2, 0) is 11.2 Å². The molecule has 46 heavy (non-hydrogen) atoms. The number of rotatable bonds is 12. The molecule has 0 radical (unpaired) electrons. The van der Waals surface area contributed by atoms with Crippen molar-refractivity contribution >= 4 is 28.5 Å². The molecule has 0 unspecified atom stereocenters. The van der Waals surface area contributed by atoms with Gasteiger partial charge in [0.1, 0.15) is 11.6 Å². The smallest absolute Gasteiger partial charge is 0.325 e. The Bertz CT molecular complexity index is 1660. The van der Waals surface area contributed by atoms with E-state index in [1.807, 2.05) is 0 Å². The van der Waals surface area contributed by atoms with E-state index in [1.54, 1.807) is 24.4 Å². The summed E-state index contributed by atoms with van der Waals surface area (Å²) in [5, 5.41) is 14.5. The normalized spacial score (nSPS) is 13.7. The lowest BCUT2D eigenvalue weighted by atomic mass is 9.98.